The molecule has 3 saturated carbocycles. The fourth-order valence-corrected chi connectivity index (χ4v) is 7.71. The smallest absolute Gasteiger partial charge is 0.255 e. The number of nitrogens with two attached hydrogens (primary N) is 1. The van der Waals surface area contributed by atoms with Gasteiger partial charge in [0, 0.05) is 48.7 Å². The van der Waals surface area contributed by atoms with Crippen molar-refractivity contribution in [1.82, 2.24) is 4.90 Å². The highest BCUT2D eigenvalue weighted by atomic mass is 19.1. The first-order valence-electron chi connectivity index (χ1n) is 14.6. The Bertz CT molecular complexity index is 1420. The van der Waals surface area contributed by atoms with Crippen LogP contribution in [-0.2, 0) is 27.3 Å². The SMILES string of the molecule is CCC1(CN(Cc2cc(O)c3c(c2F)CC2C[C@H]4CC(=O)C(C(N)=O)=C(O)[C@@]4(O)C(=O)C2=C3O)CC2CC2)CCC1. The summed E-state index contributed by atoms with van der Waals surface area (Å²) in [5.74, 6) is -7.12. The van der Waals surface area contributed by atoms with Gasteiger partial charge >= 0.3 is 0 Å². The number of fused-ring (bicyclic) bond motifs is 3. The van der Waals surface area contributed by atoms with Crippen molar-refractivity contribution in [2.75, 3.05) is 13.1 Å². The molecule has 0 radical (unpaired) electrons. The molecule has 41 heavy (non-hydrogen) atoms. The predicted molar refractivity (Wildman–Crippen MR) is 146 cm³/mol. The summed E-state index contributed by atoms with van der Waals surface area (Å²) in [5, 5.41) is 44.3. The second-order valence-corrected chi connectivity index (χ2v) is 12.9. The number of hydrogen-bond acceptors (Lipinski definition) is 8. The topological polar surface area (TPSA) is 161 Å². The third-order valence-corrected chi connectivity index (χ3v) is 10.4. The molecule has 0 aromatic heterocycles. The molecule has 220 valence electrons. The summed E-state index contributed by atoms with van der Waals surface area (Å²) in [7, 11) is 0. The van der Waals surface area contributed by atoms with E-state index in [-0.39, 0.29) is 40.7 Å². The van der Waals surface area contributed by atoms with E-state index in [0.29, 0.717) is 18.0 Å². The molecule has 0 spiro atoms. The van der Waals surface area contributed by atoms with Crippen molar-refractivity contribution in [3.8, 4) is 5.75 Å². The molecule has 0 bridgehead atoms. The maximum absolute atomic E-state index is 16.2. The Morgan fingerprint density at radius 1 is 1.17 bits per heavy atom. The molecular weight excluding hydrogens is 531 g/mol. The van der Waals surface area contributed by atoms with Gasteiger partial charge in [-0.2, -0.15) is 0 Å². The van der Waals surface area contributed by atoms with Gasteiger partial charge in [-0.1, -0.05) is 13.3 Å². The maximum atomic E-state index is 16.2. The number of aromatic hydroxyl groups is 1. The van der Waals surface area contributed by atoms with Crippen LogP contribution in [0.15, 0.2) is 23.0 Å². The number of carbonyl (C=O) groups is 3. The summed E-state index contributed by atoms with van der Waals surface area (Å²) in [6.45, 7) is 4.24. The minimum absolute atomic E-state index is 0.0276. The number of hydrogen-bond donors (Lipinski definition) is 5. The van der Waals surface area contributed by atoms with Gasteiger partial charge in [-0.25, -0.2) is 4.39 Å². The highest BCUT2D eigenvalue weighted by Gasteiger charge is 2.60. The quantitative estimate of drug-likeness (QED) is 0.298. The van der Waals surface area contributed by atoms with Gasteiger partial charge in [0.25, 0.3) is 5.91 Å². The van der Waals surface area contributed by atoms with Crippen LogP contribution >= 0.6 is 0 Å². The molecular formula is C31H37FN2O7. The molecule has 9 nitrogen and oxygen atoms in total. The molecule has 0 saturated heterocycles. The number of benzene rings is 1. The lowest BCUT2D eigenvalue weighted by atomic mass is 9.59. The Morgan fingerprint density at radius 3 is 2.46 bits per heavy atom. The largest absolute Gasteiger partial charge is 0.508 e. The molecule has 5 aliphatic carbocycles. The first-order valence-corrected chi connectivity index (χ1v) is 14.6. The van der Waals surface area contributed by atoms with Crippen LogP contribution in [-0.4, -0.2) is 61.5 Å². The van der Waals surface area contributed by atoms with E-state index in [1.165, 1.54) is 12.5 Å². The molecule has 0 heterocycles. The number of amides is 1. The van der Waals surface area contributed by atoms with Gasteiger partial charge in [-0.05, 0) is 68.3 Å². The number of nitrogens with zero attached hydrogens (tertiary/aromatic N) is 1. The van der Waals surface area contributed by atoms with E-state index in [9.17, 15) is 34.8 Å². The zero-order valence-corrected chi connectivity index (χ0v) is 23.2. The van der Waals surface area contributed by atoms with Gasteiger partial charge in [0.1, 0.15) is 28.7 Å². The summed E-state index contributed by atoms with van der Waals surface area (Å²) >= 11 is 0. The first-order chi connectivity index (χ1) is 19.4. The summed E-state index contributed by atoms with van der Waals surface area (Å²) in [4.78, 5) is 40.3. The van der Waals surface area contributed by atoms with Crippen LogP contribution < -0.4 is 5.73 Å². The third-order valence-electron chi connectivity index (χ3n) is 10.4. The Hall–Kier alpha value is -3.24. The fraction of sp³-hybridized carbons (Fsp3) is 0.581. The normalized spacial score (nSPS) is 28.8. The van der Waals surface area contributed by atoms with Crippen molar-refractivity contribution in [1.29, 1.82) is 0 Å². The lowest BCUT2D eigenvalue weighted by Gasteiger charge is -2.46. The second-order valence-electron chi connectivity index (χ2n) is 12.9. The summed E-state index contributed by atoms with van der Waals surface area (Å²) in [6.07, 6.45) is 6.41. The van der Waals surface area contributed by atoms with Crippen molar-refractivity contribution >= 4 is 23.2 Å². The Morgan fingerprint density at radius 2 is 1.88 bits per heavy atom. The van der Waals surface area contributed by atoms with Crippen LogP contribution in [0, 0.1) is 29.0 Å². The number of primary amides is 1. The Balaban J connectivity index is 1.37. The van der Waals surface area contributed by atoms with E-state index in [4.69, 9.17) is 5.73 Å². The molecule has 6 N–H and O–H groups in total. The zero-order valence-electron chi connectivity index (χ0n) is 23.2. The highest BCUT2D eigenvalue weighted by Crippen LogP contribution is 2.52. The van der Waals surface area contributed by atoms with Crippen LogP contribution in [0.1, 0.15) is 75.0 Å². The van der Waals surface area contributed by atoms with Gasteiger partial charge in [0.2, 0.25) is 5.78 Å². The van der Waals surface area contributed by atoms with Crippen molar-refractivity contribution in [3.05, 3.63) is 45.5 Å². The highest BCUT2D eigenvalue weighted by molar-refractivity contribution is 6.22. The number of aliphatic hydroxyl groups is 3. The zero-order chi connectivity index (χ0) is 29.4. The van der Waals surface area contributed by atoms with Crippen LogP contribution in [0.4, 0.5) is 4.39 Å². The van der Waals surface area contributed by atoms with Crippen LogP contribution in [0.3, 0.4) is 0 Å². The van der Waals surface area contributed by atoms with E-state index in [1.54, 1.807) is 0 Å². The molecule has 1 aromatic carbocycles. The van der Waals surface area contributed by atoms with Crippen molar-refractivity contribution in [3.63, 3.8) is 0 Å². The number of phenols is 1. The number of aliphatic hydroxyl groups excluding tert-OH is 2. The second kappa shape index (κ2) is 9.66. The van der Waals surface area contributed by atoms with E-state index in [2.05, 4.69) is 11.8 Å². The molecule has 6 rings (SSSR count). The van der Waals surface area contributed by atoms with Gasteiger partial charge in [-0.3, -0.25) is 19.3 Å². The van der Waals surface area contributed by atoms with Crippen LogP contribution in [0.5, 0.6) is 5.75 Å². The van der Waals surface area contributed by atoms with Gasteiger partial charge in [0.05, 0.1) is 5.56 Å². The van der Waals surface area contributed by atoms with Crippen molar-refractivity contribution < 1.29 is 39.2 Å². The number of carbonyl (C=O) groups excluding carboxylic acids is 3. The van der Waals surface area contributed by atoms with E-state index < -0.39 is 64.2 Å². The summed E-state index contributed by atoms with van der Waals surface area (Å²) in [6, 6.07) is 1.30. The van der Waals surface area contributed by atoms with E-state index in [1.807, 2.05) is 0 Å². The van der Waals surface area contributed by atoms with Gasteiger partial charge in [0.15, 0.2) is 11.4 Å². The molecule has 1 unspecified atom stereocenters. The molecule has 3 fully saturated rings. The average Bonchev–Trinajstić information content (AvgIpc) is 3.70. The fourth-order valence-electron chi connectivity index (χ4n) is 7.71. The molecule has 3 atom stereocenters. The molecule has 0 aliphatic heterocycles. The van der Waals surface area contributed by atoms with E-state index >= 15 is 4.39 Å². The van der Waals surface area contributed by atoms with Crippen molar-refractivity contribution in [2.24, 2.45) is 28.9 Å². The number of Topliss-reactive ketones (excluding diaryl/α,β-unsaturated/α-hetero) is 2. The number of phenolic OH excluding ortho intramolecular Hbond substituents is 1. The standard InChI is InChI=1S/C31H37FN2O7/c1-2-30(6-3-7-30)14-34(12-15-4-5-15)13-17-10-20(35)23-19(25(17)32)9-16-8-18-11-21(36)24(29(33)40)28(39)31(18,41)27(38)22(16)26(23)37/h10,15-16,18,35,37,39,41H,2-9,11-14H2,1H3,(H2,33,40)/t16?,18-,31-/m0/s1. The average molecular weight is 569 g/mol. The summed E-state index contributed by atoms with van der Waals surface area (Å²) in [5.41, 5.74) is 1.92. The summed E-state index contributed by atoms with van der Waals surface area (Å²) < 4.78 is 16.2. The molecule has 10 heteroatoms. The molecule has 1 amide bonds. The lowest BCUT2D eigenvalue weighted by molar-refractivity contribution is -0.147. The predicted octanol–water partition coefficient (Wildman–Crippen LogP) is 3.36. The van der Waals surface area contributed by atoms with Crippen LogP contribution in [0.25, 0.3) is 5.76 Å². The third kappa shape index (κ3) is 4.29. The first kappa shape index (κ1) is 27.9. The molecule has 1 aromatic rings. The number of rotatable bonds is 8. The van der Waals surface area contributed by atoms with Gasteiger partial charge in [-0.15, -0.1) is 0 Å². The van der Waals surface area contributed by atoms with E-state index in [0.717, 1.165) is 45.2 Å². The van der Waals surface area contributed by atoms with Crippen LogP contribution in [0.2, 0.25) is 0 Å². The minimum Gasteiger partial charge on any atom is -0.508 e. The minimum atomic E-state index is -2.64. The monoisotopic (exact) mass is 568 g/mol. The Kier molecular flexibility index (Phi) is 6.57. The maximum Gasteiger partial charge on any atom is 0.255 e. The number of ketones is 2. The lowest BCUT2D eigenvalue weighted by Crippen LogP contribution is -2.58. The Labute approximate surface area is 237 Å². The number of halogens is 1. The molecule has 5 aliphatic rings. The van der Waals surface area contributed by atoms with Gasteiger partial charge < -0.3 is 26.2 Å². The van der Waals surface area contributed by atoms with Crippen molar-refractivity contribution in [2.45, 2.75) is 76.9 Å².